The van der Waals surface area contributed by atoms with Gasteiger partial charge in [-0.3, -0.25) is 14.6 Å². The van der Waals surface area contributed by atoms with Gasteiger partial charge in [0.15, 0.2) is 34.0 Å². The molecule has 0 aliphatic carbocycles. The van der Waals surface area contributed by atoms with Crippen molar-refractivity contribution >= 4 is 29.1 Å². The van der Waals surface area contributed by atoms with Gasteiger partial charge < -0.3 is 25.8 Å². The number of piperazine rings is 1. The molecule has 1 amide bonds. The first-order chi connectivity index (χ1) is 18.3. The van der Waals surface area contributed by atoms with E-state index in [0.29, 0.717) is 17.9 Å². The second kappa shape index (κ2) is 12.9. The van der Waals surface area contributed by atoms with Gasteiger partial charge >= 0.3 is 0 Å². The number of aliphatic hydroxyl groups excluding tert-OH is 1. The number of methoxy groups -OCH3 is 1. The van der Waals surface area contributed by atoms with Crippen molar-refractivity contribution in [1.82, 2.24) is 25.1 Å². The van der Waals surface area contributed by atoms with Gasteiger partial charge in [0.25, 0.3) is 5.91 Å². The number of nitrogens with zero attached hydrogens (tertiary/aromatic N) is 5. The van der Waals surface area contributed by atoms with Crippen LogP contribution in [0.1, 0.15) is 42.2 Å². The van der Waals surface area contributed by atoms with Gasteiger partial charge in [-0.05, 0) is 50.0 Å². The third kappa shape index (κ3) is 6.45. The Labute approximate surface area is 227 Å². The summed E-state index contributed by atoms with van der Waals surface area (Å²) in [4.78, 5) is 28.0. The monoisotopic (exact) mass is 549 g/mol. The Hall–Kier alpha value is -2.73. The van der Waals surface area contributed by atoms with Crippen LogP contribution in [0.2, 0.25) is 5.15 Å². The molecule has 0 bridgehead atoms. The van der Waals surface area contributed by atoms with Gasteiger partial charge in [0.1, 0.15) is 0 Å². The van der Waals surface area contributed by atoms with E-state index in [0.717, 1.165) is 64.1 Å². The van der Waals surface area contributed by atoms with Crippen molar-refractivity contribution in [3.05, 3.63) is 40.4 Å². The van der Waals surface area contributed by atoms with Crippen LogP contribution < -0.4 is 20.7 Å². The van der Waals surface area contributed by atoms with E-state index >= 15 is 0 Å². The van der Waals surface area contributed by atoms with Crippen LogP contribution in [0, 0.1) is 5.82 Å². The van der Waals surface area contributed by atoms with Crippen LogP contribution in [0.3, 0.4) is 0 Å². The zero-order valence-electron chi connectivity index (χ0n) is 22.0. The number of hydrogen-bond acceptors (Lipinski definition) is 9. The second-order valence-electron chi connectivity index (χ2n) is 9.77. The minimum atomic E-state index is -0.515. The van der Waals surface area contributed by atoms with Crippen LogP contribution in [0.25, 0.3) is 0 Å². The summed E-state index contributed by atoms with van der Waals surface area (Å²) in [7, 11) is 1.49. The number of nitrogens with one attached hydrogen (secondary N) is 1. The maximum Gasteiger partial charge on any atom is 0.273 e. The van der Waals surface area contributed by atoms with E-state index < -0.39 is 5.91 Å². The number of carbonyl (C=O) groups excluding carboxylic acids is 1. The maximum atomic E-state index is 13.8. The topological polar surface area (TPSA) is 120 Å². The summed E-state index contributed by atoms with van der Waals surface area (Å²) in [5.74, 6) is -0.0630. The predicted octanol–water partition coefficient (Wildman–Crippen LogP) is 2.15. The summed E-state index contributed by atoms with van der Waals surface area (Å²) in [6.45, 7) is 7.19. The summed E-state index contributed by atoms with van der Waals surface area (Å²) < 4.78 is 18.9. The third-order valence-corrected chi connectivity index (χ3v) is 7.68. The number of aromatic nitrogens is 2. The van der Waals surface area contributed by atoms with Crippen LogP contribution >= 0.6 is 11.6 Å². The minimum absolute atomic E-state index is 0.0152. The van der Waals surface area contributed by atoms with E-state index in [1.54, 1.807) is 6.07 Å². The number of hydrogen-bond donors (Lipinski definition) is 3. The number of piperidine rings is 1. The quantitative estimate of drug-likeness (QED) is 0.432. The molecule has 0 unspecified atom stereocenters. The molecule has 2 aromatic rings. The van der Waals surface area contributed by atoms with E-state index in [-0.39, 0.29) is 41.4 Å². The van der Waals surface area contributed by atoms with Crippen molar-refractivity contribution in [2.24, 2.45) is 0 Å². The molecule has 0 saturated carbocycles. The SMILES string of the molecule is CC[C@H]1CN(c2nc(N)c(C(=O)NCCO)nc2Cl)CCN1C1CCN(Cc2ccc(F)c(OC)c2)CC1. The number of nitrogen functional groups attached to an aromatic ring is 1. The molecule has 2 fully saturated rings. The molecule has 4 N–H and O–H groups in total. The number of carbonyl (C=O) groups is 1. The standard InChI is InChI=1S/C26H37ClFN7O3/c1-3-18-16-34(25-23(27)31-22(24(29)32-25)26(37)30-8-13-36)11-12-35(18)19-6-9-33(10-7-19)15-17-4-5-20(28)21(14-17)38-2/h4-5,14,18-19,36H,3,6-13,15-16H2,1-2H3,(H2,29,32)(H,30,37)/t18-/m0/s1. The first kappa shape index (κ1) is 28.3. The molecule has 2 aliphatic rings. The van der Waals surface area contributed by atoms with Crippen LogP contribution in [0.4, 0.5) is 16.0 Å². The fourth-order valence-corrected chi connectivity index (χ4v) is 5.66. The van der Waals surface area contributed by atoms with Gasteiger partial charge in [0.2, 0.25) is 0 Å². The molecule has 0 spiro atoms. The molecule has 208 valence electrons. The predicted molar refractivity (Wildman–Crippen MR) is 145 cm³/mol. The lowest BCUT2D eigenvalue weighted by Gasteiger charge is -2.47. The van der Waals surface area contributed by atoms with Crippen molar-refractivity contribution < 1.29 is 19.0 Å². The number of anilines is 2. The number of halogens is 2. The van der Waals surface area contributed by atoms with Gasteiger partial charge in [-0.25, -0.2) is 14.4 Å². The molecule has 3 heterocycles. The average molecular weight is 550 g/mol. The molecule has 0 radical (unpaired) electrons. The zero-order chi connectivity index (χ0) is 27.2. The number of aliphatic hydroxyl groups is 1. The number of likely N-dealkylation sites (tertiary alicyclic amines) is 1. The number of nitrogens with two attached hydrogens (primary N) is 1. The minimum Gasteiger partial charge on any atom is -0.494 e. The Morgan fingerprint density at radius 2 is 2.03 bits per heavy atom. The van der Waals surface area contributed by atoms with Crippen LogP contribution in [0.15, 0.2) is 18.2 Å². The number of rotatable bonds is 9. The lowest BCUT2D eigenvalue weighted by molar-refractivity contribution is 0.0610. The molecule has 10 nitrogen and oxygen atoms in total. The van der Waals surface area contributed by atoms with Crippen LogP contribution in [-0.4, -0.2) is 95.9 Å². The summed E-state index contributed by atoms with van der Waals surface area (Å²) in [6, 6.07) is 5.89. The summed E-state index contributed by atoms with van der Waals surface area (Å²) in [5.41, 5.74) is 7.06. The average Bonchev–Trinajstić information content (AvgIpc) is 2.93. The number of amides is 1. The molecule has 1 atom stereocenters. The van der Waals surface area contributed by atoms with Crippen molar-refractivity contribution in [1.29, 1.82) is 0 Å². The first-order valence-corrected chi connectivity index (χ1v) is 13.5. The summed E-state index contributed by atoms with van der Waals surface area (Å²) >= 11 is 6.45. The van der Waals surface area contributed by atoms with Crippen molar-refractivity contribution in [2.75, 3.05) is 63.6 Å². The molecule has 1 aromatic heterocycles. The van der Waals surface area contributed by atoms with E-state index in [1.807, 2.05) is 6.07 Å². The lowest BCUT2D eigenvalue weighted by atomic mass is 9.98. The Bertz CT molecular complexity index is 1120. The van der Waals surface area contributed by atoms with E-state index in [9.17, 15) is 9.18 Å². The molecule has 1 aromatic carbocycles. The van der Waals surface area contributed by atoms with Crippen LogP contribution in [-0.2, 0) is 6.54 Å². The van der Waals surface area contributed by atoms with E-state index in [2.05, 4.69) is 36.9 Å². The highest BCUT2D eigenvalue weighted by molar-refractivity contribution is 6.32. The zero-order valence-corrected chi connectivity index (χ0v) is 22.8. The Morgan fingerprint density at radius 1 is 1.26 bits per heavy atom. The first-order valence-electron chi connectivity index (χ1n) is 13.1. The van der Waals surface area contributed by atoms with Gasteiger partial charge in [-0.1, -0.05) is 24.6 Å². The van der Waals surface area contributed by atoms with Crippen molar-refractivity contribution in [2.45, 2.75) is 44.8 Å². The second-order valence-corrected chi connectivity index (χ2v) is 10.1. The van der Waals surface area contributed by atoms with E-state index in [4.69, 9.17) is 27.2 Å². The highest BCUT2D eigenvalue weighted by Gasteiger charge is 2.34. The fraction of sp³-hybridized carbons (Fsp3) is 0.577. The summed E-state index contributed by atoms with van der Waals surface area (Å²) in [6.07, 6.45) is 3.12. The van der Waals surface area contributed by atoms with Gasteiger partial charge in [-0.2, -0.15) is 0 Å². The smallest absolute Gasteiger partial charge is 0.273 e. The Balaban J connectivity index is 1.35. The Morgan fingerprint density at radius 3 is 2.71 bits per heavy atom. The van der Waals surface area contributed by atoms with Crippen molar-refractivity contribution in [3.8, 4) is 5.75 Å². The molecule has 2 aliphatic heterocycles. The highest BCUT2D eigenvalue weighted by Crippen LogP contribution is 2.30. The number of ether oxygens (including phenoxy) is 1. The van der Waals surface area contributed by atoms with Gasteiger partial charge in [-0.15, -0.1) is 0 Å². The summed E-state index contributed by atoms with van der Waals surface area (Å²) in [5, 5.41) is 11.6. The highest BCUT2D eigenvalue weighted by atomic mass is 35.5. The Kier molecular flexibility index (Phi) is 9.59. The van der Waals surface area contributed by atoms with Gasteiger partial charge in [0, 0.05) is 44.8 Å². The normalized spacial score (nSPS) is 19.5. The molecule has 12 heteroatoms. The van der Waals surface area contributed by atoms with Gasteiger partial charge in [0.05, 0.1) is 13.7 Å². The molecular formula is C26H37ClFN7O3. The molecule has 2 saturated heterocycles. The number of benzene rings is 1. The van der Waals surface area contributed by atoms with Crippen molar-refractivity contribution in [3.63, 3.8) is 0 Å². The lowest BCUT2D eigenvalue weighted by Crippen LogP contribution is -2.58. The van der Waals surface area contributed by atoms with E-state index in [1.165, 1.54) is 13.2 Å². The maximum absolute atomic E-state index is 13.8. The largest absolute Gasteiger partial charge is 0.494 e. The molecular weight excluding hydrogens is 513 g/mol. The molecule has 38 heavy (non-hydrogen) atoms. The fourth-order valence-electron chi connectivity index (χ4n) is 5.42. The van der Waals surface area contributed by atoms with Crippen LogP contribution in [0.5, 0.6) is 5.75 Å². The molecule has 4 rings (SSSR count). The third-order valence-electron chi connectivity index (χ3n) is 7.42.